The van der Waals surface area contributed by atoms with Crippen LogP contribution >= 0.6 is 0 Å². The number of phenolic OH excluding ortho intramolecular Hbond substituents is 1. The molecule has 0 spiro atoms. The monoisotopic (exact) mass is 223 g/mol. The van der Waals surface area contributed by atoms with E-state index in [0.717, 1.165) is 24.2 Å². The molecule has 4 nitrogen and oxygen atoms in total. The molecule has 4 heteroatoms. The third-order valence-electron chi connectivity index (χ3n) is 3.32. The number of aromatic hydroxyl groups is 1. The van der Waals surface area contributed by atoms with E-state index >= 15 is 0 Å². The van der Waals surface area contributed by atoms with Crippen LogP contribution in [0.25, 0.3) is 0 Å². The summed E-state index contributed by atoms with van der Waals surface area (Å²) in [5, 5.41) is 9.78. The summed E-state index contributed by atoms with van der Waals surface area (Å²) in [6.07, 6.45) is 2.09. The summed E-state index contributed by atoms with van der Waals surface area (Å²) in [6.45, 7) is 0.579. The summed E-state index contributed by atoms with van der Waals surface area (Å²) in [4.78, 5) is 0. The van der Waals surface area contributed by atoms with Gasteiger partial charge in [0.05, 0.1) is 14.2 Å². The van der Waals surface area contributed by atoms with Crippen molar-refractivity contribution < 1.29 is 14.6 Å². The molecule has 0 aliphatic heterocycles. The standard InChI is InChI=1S/C12H17NO3/c1-15-10-6-11(16-2)9(14)5-8(10)12(7-13)3-4-12/h5-6,14H,3-4,7,13H2,1-2H3. The fourth-order valence-corrected chi connectivity index (χ4v) is 2.03. The zero-order valence-corrected chi connectivity index (χ0v) is 9.62. The summed E-state index contributed by atoms with van der Waals surface area (Å²) >= 11 is 0. The number of ether oxygens (including phenoxy) is 2. The van der Waals surface area contributed by atoms with Crippen molar-refractivity contribution in [2.45, 2.75) is 18.3 Å². The first kappa shape index (κ1) is 11.1. The molecule has 0 heterocycles. The Hall–Kier alpha value is -1.42. The van der Waals surface area contributed by atoms with E-state index in [-0.39, 0.29) is 11.2 Å². The number of nitrogens with two attached hydrogens (primary N) is 1. The lowest BCUT2D eigenvalue weighted by molar-refractivity contribution is 0.360. The number of rotatable bonds is 4. The number of hydrogen-bond acceptors (Lipinski definition) is 4. The highest BCUT2D eigenvalue weighted by molar-refractivity contribution is 5.54. The number of phenols is 1. The van der Waals surface area contributed by atoms with Crippen molar-refractivity contribution in [3.05, 3.63) is 17.7 Å². The molecular formula is C12H17NO3. The lowest BCUT2D eigenvalue weighted by Crippen LogP contribution is -2.20. The second-order valence-corrected chi connectivity index (χ2v) is 4.21. The van der Waals surface area contributed by atoms with Gasteiger partial charge in [0.2, 0.25) is 0 Å². The smallest absolute Gasteiger partial charge is 0.164 e. The summed E-state index contributed by atoms with van der Waals surface area (Å²) in [7, 11) is 3.13. The molecule has 0 radical (unpaired) electrons. The maximum atomic E-state index is 9.78. The van der Waals surface area contributed by atoms with E-state index in [1.54, 1.807) is 19.2 Å². The van der Waals surface area contributed by atoms with Gasteiger partial charge in [0, 0.05) is 23.6 Å². The van der Waals surface area contributed by atoms with Crippen molar-refractivity contribution in [2.75, 3.05) is 20.8 Å². The largest absolute Gasteiger partial charge is 0.504 e. The van der Waals surface area contributed by atoms with Crippen molar-refractivity contribution in [1.29, 1.82) is 0 Å². The minimum atomic E-state index is -0.00487. The molecule has 1 aromatic rings. The zero-order valence-electron chi connectivity index (χ0n) is 9.62. The van der Waals surface area contributed by atoms with Gasteiger partial charge >= 0.3 is 0 Å². The Kier molecular flexibility index (Phi) is 2.68. The van der Waals surface area contributed by atoms with E-state index in [0.29, 0.717) is 12.3 Å². The molecule has 1 aromatic carbocycles. The van der Waals surface area contributed by atoms with Gasteiger partial charge in [0.1, 0.15) is 5.75 Å². The number of methoxy groups -OCH3 is 2. The fourth-order valence-electron chi connectivity index (χ4n) is 2.03. The van der Waals surface area contributed by atoms with E-state index < -0.39 is 0 Å². The maximum absolute atomic E-state index is 9.78. The van der Waals surface area contributed by atoms with Crippen LogP contribution in [0.1, 0.15) is 18.4 Å². The van der Waals surface area contributed by atoms with Crippen LogP contribution in [0.5, 0.6) is 17.2 Å². The molecule has 1 fully saturated rings. The van der Waals surface area contributed by atoms with Gasteiger partial charge in [-0.15, -0.1) is 0 Å². The average molecular weight is 223 g/mol. The third kappa shape index (κ3) is 1.59. The average Bonchev–Trinajstić information content (AvgIpc) is 3.09. The van der Waals surface area contributed by atoms with Crippen LogP contribution < -0.4 is 15.2 Å². The first-order valence-corrected chi connectivity index (χ1v) is 5.32. The summed E-state index contributed by atoms with van der Waals surface area (Å²) in [5.41, 5.74) is 6.75. The summed E-state index contributed by atoms with van der Waals surface area (Å²) < 4.78 is 10.4. The van der Waals surface area contributed by atoms with Gasteiger partial charge in [-0.2, -0.15) is 0 Å². The molecule has 88 valence electrons. The second kappa shape index (κ2) is 3.87. The van der Waals surface area contributed by atoms with Gasteiger partial charge in [0.25, 0.3) is 0 Å². The fraction of sp³-hybridized carbons (Fsp3) is 0.500. The number of benzene rings is 1. The Morgan fingerprint density at radius 3 is 2.31 bits per heavy atom. The maximum Gasteiger partial charge on any atom is 0.164 e. The minimum absolute atomic E-state index is 0.00487. The molecular weight excluding hydrogens is 206 g/mol. The molecule has 1 saturated carbocycles. The van der Waals surface area contributed by atoms with Gasteiger partial charge in [-0.25, -0.2) is 0 Å². The van der Waals surface area contributed by atoms with Crippen molar-refractivity contribution >= 4 is 0 Å². The van der Waals surface area contributed by atoms with Crippen LogP contribution in [0.2, 0.25) is 0 Å². The Labute approximate surface area is 95.0 Å². The number of hydrogen-bond donors (Lipinski definition) is 2. The molecule has 16 heavy (non-hydrogen) atoms. The molecule has 2 rings (SSSR count). The molecule has 3 N–H and O–H groups in total. The van der Waals surface area contributed by atoms with Crippen LogP contribution in [-0.4, -0.2) is 25.9 Å². The molecule has 0 unspecified atom stereocenters. The van der Waals surface area contributed by atoms with Gasteiger partial charge in [-0.05, 0) is 18.9 Å². The highest BCUT2D eigenvalue weighted by Crippen LogP contribution is 2.52. The minimum Gasteiger partial charge on any atom is -0.504 e. The van der Waals surface area contributed by atoms with Crippen LogP contribution in [0.4, 0.5) is 0 Å². The molecule has 1 aliphatic carbocycles. The van der Waals surface area contributed by atoms with Gasteiger partial charge in [0.15, 0.2) is 11.5 Å². The lowest BCUT2D eigenvalue weighted by atomic mass is 9.94. The Morgan fingerprint density at radius 2 is 1.88 bits per heavy atom. The quantitative estimate of drug-likeness (QED) is 0.809. The van der Waals surface area contributed by atoms with Crippen molar-refractivity contribution in [1.82, 2.24) is 0 Å². The van der Waals surface area contributed by atoms with Crippen molar-refractivity contribution in [2.24, 2.45) is 5.73 Å². The van der Waals surface area contributed by atoms with E-state index in [4.69, 9.17) is 15.2 Å². The molecule has 1 aliphatic rings. The van der Waals surface area contributed by atoms with E-state index in [2.05, 4.69) is 0 Å². The third-order valence-corrected chi connectivity index (χ3v) is 3.32. The first-order chi connectivity index (χ1) is 7.66. The predicted molar refractivity (Wildman–Crippen MR) is 61.2 cm³/mol. The lowest BCUT2D eigenvalue weighted by Gasteiger charge is -2.18. The van der Waals surface area contributed by atoms with Gasteiger partial charge < -0.3 is 20.3 Å². The molecule has 0 saturated heterocycles. The molecule has 0 aromatic heterocycles. The summed E-state index contributed by atoms with van der Waals surface area (Å²) in [6, 6.07) is 3.41. The molecule has 0 atom stereocenters. The van der Waals surface area contributed by atoms with Crippen LogP contribution in [0.3, 0.4) is 0 Å². The van der Waals surface area contributed by atoms with Crippen LogP contribution in [-0.2, 0) is 5.41 Å². The van der Waals surface area contributed by atoms with Gasteiger partial charge in [-0.1, -0.05) is 0 Å². The van der Waals surface area contributed by atoms with E-state index in [9.17, 15) is 5.11 Å². The second-order valence-electron chi connectivity index (χ2n) is 4.21. The van der Waals surface area contributed by atoms with Crippen molar-refractivity contribution in [3.8, 4) is 17.2 Å². The van der Waals surface area contributed by atoms with E-state index in [1.165, 1.54) is 7.11 Å². The van der Waals surface area contributed by atoms with Crippen molar-refractivity contribution in [3.63, 3.8) is 0 Å². The molecule has 0 bridgehead atoms. The highest BCUT2D eigenvalue weighted by Gasteiger charge is 2.45. The Balaban J connectivity index is 2.48. The first-order valence-electron chi connectivity index (χ1n) is 5.32. The zero-order chi connectivity index (χ0) is 11.8. The normalized spacial score (nSPS) is 16.9. The Bertz CT molecular complexity index is 399. The van der Waals surface area contributed by atoms with Crippen LogP contribution in [0, 0.1) is 0 Å². The van der Waals surface area contributed by atoms with Crippen LogP contribution in [0.15, 0.2) is 12.1 Å². The predicted octanol–water partition coefficient (Wildman–Crippen LogP) is 1.40. The van der Waals surface area contributed by atoms with Gasteiger partial charge in [-0.3, -0.25) is 0 Å². The summed E-state index contributed by atoms with van der Waals surface area (Å²) in [5.74, 6) is 1.30. The topological polar surface area (TPSA) is 64.7 Å². The molecule has 0 amide bonds. The van der Waals surface area contributed by atoms with E-state index in [1.807, 2.05) is 0 Å². The SMILES string of the molecule is COc1cc(OC)c(C2(CN)CC2)cc1O. The Morgan fingerprint density at radius 1 is 1.25 bits per heavy atom. The highest BCUT2D eigenvalue weighted by atomic mass is 16.5.